The Morgan fingerprint density at radius 3 is 2.18 bits per heavy atom. The van der Waals surface area contributed by atoms with Crippen LogP contribution in [-0.2, 0) is 4.79 Å². The van der Waals surface area contributed by atoms with Crippen LogP contribution in [0.1, 0.15) is 52.4 Å². The molecule has 3 N–H and O–H groups in total. The van der Waals surface area contributed by atoms with Crippen molar-refractivity contribution in [3.8, 4) is 0 Å². The summed E-state index contributed by atoms with van der Waals surface area (Å²) in [5.41, 5.74) is 5.36. The van der Waals surface area contributed by atoms with Gasteiger partial charge in [-0.25, -0.2) is 0 Å². The van der Waals surface area contributed by atoms with Crippen LogP contribution in [0.5, 0.6) is 0 Å². The number of carbonyl (C=O) groups is 1. The van der Waals surface area contributed by atoms with Crippen LogP contribution in [0.2, 0.25) is 0 Å². The van der Waals surface area contributed by atoms with E-state index < -0.39 is 5.54 Å². The summed E-state index contributed by atoms with van der Waals surface area (Å²) in [6.45, 7) is 3.92. The Morgan fingerprint density at radius 2 is 1.82 bits per heavy atom. The minimum Gasteiger partial charge on any atom is -0.351 e. The Balaban J connectivity index is 0.00000144. The molecule has 0 aliphatic heterocycles. The molecule has 1 amide bonds. The summed E-state index contributed by atoms with van der Waals surface area (Å²) in [6.07, 6.45) is 6.87. The number of halogens is 1. The smallest absolute Gasteiger partial charge is 0.240 e. The maximum absolute atomic E-state index is 12.1. The molecule has 4 heteroatoms. The highest BCUT2D eigenvalue weighted by Gasteiger charge is 2.43. The van der Waals surface area contributed by atoms with Crippen LogP contribution < -0.4 is 11.1 Å². The van der Waals surface area contributed by atoms with Crippen LogP contribution >= 0.6 is 12.4 Å². The zero-order chi connectivity index (χ0) is 11.8. The van der Waals surface area contributed by atoms with E-state index in [1.807, 2.05) is 6.92 Å². The van der Waals surface area contributed by atoms with Gasteiger partial charge in [-0.1, -0.05) is 13.3 Å². The number of nitrogens with one attached hydrogen (secondary N) is 1. The van der Waals surface area contributed by atoms with Crippen LogP contribution in [0.4, 0.5) is 0 Å². The van der Waals surface area contributed by atoms with E-state index in [0.29, 0.717) is 6.04 Å². The van der Waals surface area contributed by atoms with Gasteiger partial charge >= 0.3 is 0 Å². The minimum absolute atomic E-state index is 0. The zero-order valence-electron chi connectivity index (χ0n) is 10.9. The molecule has 2 rings (SSSR count). The van der Waals surface area contributed by atoms with E-state index in [1.54, 1.807) is 0 Å². The number of hydrogen-bond acceptors (Lipinski definition) is 2. The normalized spacial score (nSPS) is 22.8. The lowest BCUT2D eigenvalue weighted by Gasteiger charge is -2.27. The fourth-order valence-corrected chi connectivity index (χ4v) is 2.48. The first-order valence-electron chi connectivity index (χ1n) is 6.64. The van der Waals surface area contributed by atoms with Crippen molar-refractivity contribution in [3.05, 3.63) is 0 Å². The lowest BCUT2D eigenvalue weighted by Crippen LogP contribution is -2.55. The molecule has 0 heterocycles. The molecule has 0 aromatic carbocycles. The number of carbonyl (C=O) groups excluding carboxylic acids is 1. The Bertz CT molecular complexity index is 261. The molecule has 0 saturated heterocycles. The molecule has 0 spiro atoms. The first kappa shape index (κ1) is 14.8. The largest absolute Gasteiger partial charge is 0.351 e. The van der Waals surface area contributed by atoms with Crippen molar-refractivity contribution in [2.24, 2.45) is 17.6 Å². The highest BCUT2D eigenvalue weighted by atomic mass is 35.5. The summed E-state index contributed by atoms with van der Waals surface area (Å²) < 4.78 is 0. The Morgan fingerprint density at radius 1 is 1.35 bits per heavy atom. The molecule has 2 fully saturated rings. The highest BCUT2D eigenvalue weighted by Crippen LogP contribution is 2.44. The van der Waals surface area contributed by atoms with E-state index in [-0.39, 0.29) is 18.3 Å². The summed E-state index contributed by atoms with van der Waals surface area (Å²) in [7, 11) is 0. The average Bonchev–Trinajstić information content (AvgIpc) is 3.05. The van der Waals surface area contributed by atoms with Crippen LogP contribution in [0.3, 0.4) is 0 Å². The van der Waals surface area contributed by atoms with Gasteiger partial charge in [0.2, 0.25) is 5.91 Å². The van der Waals surface area contributed by atoms with Gasteiger partial charge < -0.3 is 11.1 Å². The van der Waals surface area contributed by atoms with E-state index in [1.165, 1.54) is 25.7 Å². The predicted octanol–water partition coefficient (Wildman–Crippen LogP) is 2.23. The van der Waals surface area contributed by atoms with Gasteiger partial charge in [0.25, 0.3) is 0 Å². The summed E-state index contributed by atoms with van der Waals surface area (Å²) in [4.78, 5) is 12.1. The lowest BCUT2D eigenvalue weighted by molar-refractivity contribution is -0.127. The summed E-state index contributed by atoms with van der Waals surface area (Å²) >= 11 is 0. The Labute approximate surface area is 110 Å². The van der Waals surface area contributed by atoms with Crippen LogP contribution in [-0.4, -0.2) is 17.5 Å². The topological polar surface area (TPSA) is 55.1 Å². The molecule has 0 radical (unpaired) electrons. The second-order valence-electron chi connectivity index (χ2n) is 5.84. The van der Waals surface area contributed by atoms with Crippen molar-refractivity contribution in [1.29, 1.82) is 0 Å². The first-order chi connectivity index (χ1) is 7.54. The fraction of sp³-hybridized carbons (Fsp3) is 0.923. The molecular formula is C13H25ClN2O. The summed E-state index contributed by atoms with van der Waals surface area (Å²) in [5, 5.41) is 3.20. The predicted molar refractivity (Wildman–Crippen MR) is 72.1 cm³/mol. The van der Waals surface area contributed by atoms with Gasteiger partial charge in [-0.15, -0.1) is 12.4 Å². The molecule has 1 atom stereocenters. The van der Waals surface area contributed by atoms with Gasteiger partial charge in [-0.3, -0.25) is 4.79 Å². The van der Waals surface area contributed by atoms with Crippen molar-refractivity contribution in [2.45, 2.75) is 64.0 Å². The fourth-order valence-electron chi connectivity index (χ4n) is 2.48. The minimum atomic E-state index is -0.684. The van der Waals surface area contributed by atoms with Crippen LogP contribution in [0, 0.1) is 11.8 Å². The molecule has 17 heavy (non-hydrogen) atoms. The maximum Gasteiger partial charge on any atom is 0.240 e. The third kappa shape index (κ3) is 3.85. The summed E-state index contributed by atoms with van der Waals surface area (Å²) in [6, 6.07) is 0.423. The van der Waals surface area contributed by atoms with E-state index >= 15 is 0 Å². The average molecular weight is 261 g/mol. The van der Waals surface area contributed by atoms with Gasteiger partial charge in [0.1, 0.15) is 0 Å². The number of rotatable bonds is 6. The molecule has 1 unspecified atom stereocenters. The molecule has 0 bridgehead atoms. The van der Waals surface area contributed by atoms with E-state index in [9.17, 15) is 4.79 Å². The van der Waals surface area contributed by atoms with E-state index in [4.69, 9.17) is 5.73 Å². The first-order valence-corrected chi connectivity index (χ1v) is 6.64. The zero-order valence-corrected chi connectivity index (χ0v) is 11.7. The van der Waals surface area contributed by atoms with Crippen molar-refractivity contribution in [3.63, 3.8) is 0 Å². The Kier molecular flexibility index (Phi) is 4.85. The number of nitrogens with two attached hydrogens (primary N) is 1. The highest BCUT2D eigenvalue weighted by molar-refractivity contribution is 5.86. The van der Waals surface area contributed by atoms with E-state index in [2.05, 4.69) is 12.2 Å². The molecule has 100 valence electrons. The Hall–Kier alpha value is -0.280. The second kappa shape index (κ2) is 5.57. The monoisotopic (exact) mass is 260 g/mol. The third-order valence-corrected chi connectivity index (χ3v) is 3.85. The van der Waals surface area contributed by atoms with Gasteiger partial charge in [0.05, 0.1) is 5.54 Å². The van der Waals surface area contributed by atoms with Gasteiger partial charge in [-0.2, -0.15) is 0 Å². The van der Waals surface area contributed by atoms with Crippen molar-refractivity contribution < 1.29 is 4.79 Å². The summed E-state index contributed by atoms with van der Waals surface area (Å²) in [5.74, 6) is 1.54. The van der Waals surface area contributed by atoms with E-state index in [0.717, 1.165) is 24.7 Å². The molecule has 3 nitrogen and oxygen atoms in total. The lowest BCUT2D eigenvalue weighted by atomic mass is 9.95. The molecule has 0 aromatic heterocycles. The molecule has 0 aromatic rings. The standard InChI is InChI=1S/C13H24N2O.ClH/c1-3-8-13(2,14)12(16)15-11(9-4-5-9)10-6-7-10;/h9-11H,3-8,14H2,1-2H3,(H,15,16);1H. The van der Waals surface area contributed by atoms with Gasteiger partial charge in [-0.05, 0) is 50.9 Å². The van der Waals surface area contributed by atoms with Gasteiger partial charge in [0, 0.05) is 6.04 Å². The molecule has 2 aliphatic rings. The SMILES string of the molecule is CCCC(C)(N)C(=O)NC(C1CC1)C1CC1.Cl. The molecule has 2 aliphatic carbocycles. The van der Waals surface area contributed by atoms with Crippen LogP contribution in [0.15, 0.2) is 0 Å². The van der Waals surface area contributed by atoms with Crippen molar-refractivity contribution in [1.82, 2.24) is 5.32 Å². The number of hydrogen-bond donors (Lipinski definition) is 2. The molecular weight excluding hydrogens is 236 g/mol. The third-order valence-electron chi connectivity index (χ3n) is 3.85. The van der Waals surface area contributed by atoms with Crippen molar-refractivity contribution >= 4 is 18.3 Å². The van der Waals surface area contributed by atoms with Crippen LogP contribution in [0.25, 0.3) is 0 Å². The van der Waals surface area contributed by atoms with Gasteiger partial charge in [0.15, 0.2) is 0 Å². The van der Waals surface area contributed by atoms with Crippen molar-refractivity contribution in [2.75, 3.05) is 0 Å². The number of amides is 1. The quantitative estimate of drug-likeness (QED) is 0.770. The maximum atomic E-state index is 12.1. The second-order valence-corrected chi connectivity index (χ2v) is 5.84. The molecule has 2 saturated carbocycles.